The molecule has 0 unspecified atom stereocenters. The molecule has 1 heterocycles. The van der Waals surface area contributed by atoms with Crippen LogP contribution in [0.5, 0.6) is 5.75 Å². The van der Waals surface area contributed by atoms with Crippen molar-refractivity contribution in [1.82, 2.24) is 5.32 Å². The van der Waals surface area contributed by atoms with Crippen molar-refractivity contribution >= 4 is 17.5 Å². The van der Waals surface area contributed by atoms with E-state index in [1.807, 2.05) is 32.0 Å². The molecule has 0 aromatic heterocycles. The Labute approximate surface area is 166 Å². The topological polar surface area (TPSA) is 42.8 Å². The van der Waals surface area contributed by atoms with E-state index >= 15 is 0 Å². The van der Waals surface area contributed by atoms with Crippen LogP contribution in [-0.4, -0.2) is 25.6 Å². The van der Waals surface area contributed by atoms with Crippen LogP contribution in [-0.2, 0) is 17.9 Å². The van der Waals surface area contributed by atoms with Gasteiger partial charge in [-0.05, 0) is 42.7 Å². The number of ether oxygens (including phenoxy) is 1. The Morgan fingerprint density at radius 1 is 1.11 bits per heavy atom. The molecule has 1 aliphatic rings. The second kappa shape index (κ2) is 9.25. The number of nitrogens with one attached hydrogen (secondary N) is 2. The first-order chi connectivity index (χ1) is 13.0. The van der Waals surface area contributed by atoms with E-state index in [2.05, 4.69) is 23.5 Å². The van der Waals surface area contributed by atoms with E-state index in [4.69, 9.17) is 16.3 Å². The molecule has 0 bridgehead atoms. The Hall–Kier alpha value is -2.04. The summed E-state index contributed by atoms with van der Waals surface area (Å²) in [5.74, 6) is 0.611. The molecule has 2 aromatic rings. The summed E-state index contributed by atoms with van der Waals surface area (Å²) in [6.45, 7) is 7.92. The van der Waals surface area contributed by atoms with E-state index in [0.29, 0.717) is 11.6 Å². The number of hydrogen-bond donors (Lipinski definition) is 2. The summed E-state index contributed by atoms with van der Waals surface area (Å²) in [5.41, 5.74) is 4.38. The third kappa shape index (κ3) is 5.47. The highest BCUT2D eigenvalue weighted by Crippen LogP contribution is 2.26. The van der Waals surface area contributed by atoms with Crippen LogP contribution in [0.4, 0.5) is 0 Å². The van der Waals surface area contributed by atoms with Crippen molar-refractivity contribution < 1.29 is 14.4 Å². The molecule has 3 rings (SSSR count). The number of carbonyl (C=O) groups is 1. The van der Waals surface area contributed by atoms with Crippen LogP contribution in [0.2, 0.25) is 5.02 Å². The highest BCUT2D eigenvalue weighted by atomic mass is 35.5. The molecule has 2 N–H and O–H groups in total. The van der Waals surface area contributed by atoms with Gasteiger partial charge < -0.3 is 15.0 Å². The summed E-state index contributed by atoms with van der Waals surface area (Å²) >= 11 is 6.04. The highest BCUT2D eigenvalue weighted by Gasteiger charge is 2.17. The van der Waals surface area contributed by atoms with E-state index in [9.17, 15) is 4.79 Å². The van der Waals surface area contributed by atoms with Crippen LogP contribution >= 0.6 is 11.6 Å². The van der Waals surface area contributed by atoms with Gasteiger partial charge in [-0.1, -0.05) is 35.9 Å². The molecule has 0 atom stereocenters. The van der Waals surface area contributed by atoms with Crippen LogP contribution in [0.25, 0.3) is 0 Å². The van der Waals surface area contributed by atoms with Gasteiger partial charge in [0.1, 0.15) is 12.3 Å². The SMILES string of the molecule is Cc1cc(Cl)cc(C)c1OCC(=O)NCc1ccccc1C[NH+]1CCCC1. The van der Waals surface area contributed by atoms with Gasteiger partial charge >= 0.3 is 0 Å². The minimum Gasteiger partial charge on any atom is -0.483 e. The summed E-state index contributed by atoms with van der Waals surface area (Å²) < 4.78 is 5.74. The number of halogens is 1. The molecule has 27 heavy (non-hydrogen) atoms. The van der Waals surface area contributed by atoms with E-state index in [-0.39, 0.29) is 12.5 Å². The molecule has 0 radical (unpaired) electrons. The largest absolute Gasteiger partial charge is 0.483 e. The number of aryl methyl sites for hydroxylation is 2. The average molecular weight is 388 g/mol. The molecule has 1 saturated heterocycles. The number of likely N-dealkylation sites (tertiary alicyclic amines) is 1. The predicted octanol–water partition coefficient (Wildman–Crippen LogP) is 2.83. The molecule has 1 aliphatic heterocycles. The van der Waals surface area contributed by atoms with Crippen molar-refractivity contribution in [3.63, 3.8) is 0 Å². The molecule has 5 heteroatoms. The van der Waals surface area contributed by atoms with Gasteiger partial charge in [-0.3, -0.25) is 4.79 Å². The maximum Gasteiger partial charge on any atom is 0.258 e. The monoisotopic (exact) mass is 387 g/mol. The van der Waals surface area contributed by atoms with Crippen molar-refractivity contribution in [2.24, 2.45) is 0 Å². The van der Waals surface area contributed by atoms with Gasteiger partial charge in [0.15, 0.2) is 6.61 Å². The molecular formula is C22H28ClN2O2+. The lowest BCUT2D eigenvalue weighted by molar-refractivity contribution is -0.901. The summed E-state index contributed by atoms with van der Waals surface area (Å²) in [5, 5.41) is 3.66. The van der Waals surface area contributed by atoms with E-state index in [0.717, 1.165) is 23.4 Å². The van der Waals surface area contributed by atoms with Gasteiger partial charge in [-0.25, -0.2) is 0 Å². The number of hydrogen-bond acceptors (Lipinski definition) is 2. The van der Waals surface area contributed by atoms with Crippen molar-refractivity contribution in [2.75, 3.05) is 19.7 Å². The molecule has 0 saturated carbocycles. The normalized spacial score (nSPS) is 14.3. The molecule has 0 aliphatic carbocycles. The van der Waals surface area contributed by atoms with Gasteiger partial charge in [0, 0.05) is 30.0 Å². The first-order valence-corrected chi connectivity index (χ1v) is 9.97. The maximum absolute atomic E-state index is 12.3. The summed E-state index contributed by atoms with van der Waals surface area (Å²) in [4.78, 5) is 13.9. The second-order valence-corrected chi connectivity index (χ2v) is 7.77. The van der Waals surface area contributed by atoms with Crippen LogP contribution < -0.4 is 15.0 Å². The van der Waals surface area contributed by atoms with Crippen LogP contribution in [0.15, 0.2) is 36.4 Å². The number of rotatable bonds is 7. The van der Waals surface area contributed by atoms with Crippen molar-refractivity contribution in [3.05, 3.63) is 63.7 Å². The van der Waals surface area contributed by atoms with Gasteiger partial charge in [0.05, 0.1) is 13.1 Å². The fourth-order valence-corrected chi connectivity index (χ4v) is 4.06. The molecule has 0 spiro atoms. The van der Waals surface area contributed by atoms with Gasteiger partial charge in [-0.2, -0.15) is 0 Å². The smallest absolute Gasteiger partial charge is 0.258 e. The highest BCUT2D eigenvalue weighted by molar-refractivity contribution is 6.30. The Balaban J connectivity index is 1.54. The zero-order valence-electron chi connectivity index (χ0n) is 16.1. The molecule has 1 fully saturated rings. The van der Waals surface area contributed by atoms with E-state index in [1.54, 1.807) is 4.90 Å². The van der Waals surface area contributed by atoms with Crippen molar-refractivity contribution in [1.29, 1.82) is 0 Å². The lowest BCUT2D eigenvalue weighted by atomic mass is 10.1. The average Bonchev–Trinajstić information content (AvgIpc) is 3.13. The molecular weight excluding hydrogens is 360 g/mol. The Morgan fingerprint density at radius 2 is 1.74 bits per heavy atom. The molecule has 144 valence electrons. The minimum absolute atomic E-state index is 0.00283. The fourth-order valence-electron chi connectivity index (χ4n) is 3.73. The Kier molecular flexibility index (Phi) is 6.75. The number of amides is 1. The summed E-state index contributed by atoms with van der Waals surface area (Å²) in [6, 6.07) is 12.1. The summed E-state index contributed by atoms with van der Waals surface area (Å²) in [6.07, 6.45) is 2.63. The minimum atomic E-state index is -0.118. The Morgan fingerprint density at radius 3 is 2.41 bits per heavy atom. The standard InChI is InChI=1S/C22H27ClN2O2/c1-16-11-20(23)12-17(2)22(16)27-15-21(26)24-13-18-7-3-4-8-19(18)14-25-9-5-6-10-25/h3-4,7-8,11-12H,5-6,9-10,13-15H2,1-2H3,(H,24,26)/p+1. The van der Waals surface area contributed by atoms with Gasteiger partial charge in [0.2, 0.25) is 0 Å². The maximum atomic E-state index is 12.3. The zero-order valence-corrected chi connectivity index (χ0v) is 16.9. The first kappa shape index (κ1) is 19.7. The van der Waals surface area contributed by atoms with Crippen molar-refractivity contribution in [3.8, 4) is 5.75 Å². The number of carbonyl (C=O) groups excluding carboxylic acids is 1. The van der Waals surface area contributed by atoms with Gasteiger partial charge in [0.25, 0.3) is 5.91 Å². The third-order valence-corrected chi connectivity index (χ3v) is 5.34. The number of benzene rings is 2. The van der Waals surface area contributed by atoms with Crippen LogP contribution in [0, 0.1) is 13.8 Å². The third-order valence-electron chi connectivity index (χ3n) is 5.12. The van der Waals surface area contributed by atoms with Crippen molar-refractivity contribution in [2.45, 2.75) is 39.8 Å². The summed E-state index contributed by atoms with van der Waals surface area (Å²) in [7, 11) is 0. The van der Waals surface area contributed by atoms with E-state index < -0.39 is 0 Å². The fraction of sp³-hybridized carbons (Fsp3) is 0.409. The predicted molar refractivity (Wildman–Crippen MR) is 108 cm³/mol. The lowest BCUT2D eigenvalue weighted by Gasteiger charge is -2.16. The number of quaternary nitrogens is 1. The lowest BCUT2D eigenvalue weighted by Crippen LogP contribution is -3.08. The van der Waals surface area contributed by atoms with E-state index in [1.165, 1.54) is 37.1 Å². The molecule has 4 nitrogen and oxygen atoms in total. The molecule has 2 aromatic carbocycles. The molecule has 1 amide bonds. The second-order valence-electron chi connectivity index (χ2n) is 7.34. The quantitative estimate of drug-likeness (QED) is 0.767. The zero-order chi connectivity index (χ0) is 19.2. The van der Waals surface area contributed by atoms with Gasteiger partial charge in [-0.15, -0.1) is 0 Å². The van der Waals surface area contributed by atoms with Crippen LogP contribution in [0.3, 0.4) is 0 Å². The van der Waals surface area contributed by atoms with Crippen LogP contribution in [0.1, 0.15) is 35.1 Å². The first-order valence-electron chi connectivity index (χ1n) is 9.59. The Bertz CT molecular complexity index is 778.